The van der Waals surface area contributed by atoms with Crippen LogP contribution in [0.1, 0.15) is 26.3 Å². The molecule has 128 valence electrons. The highest BCUT2D eigenvalue weighted by molar-refractivity contribution is 5.68. The van der Waals surface area contributed by atoms with E-state index in [4.69, 9.17) is 9.47 Å². The normalized spacial score (nSPS) is 18.7. The molecule has 0 saturated carbocycles. The molecule has 23 heavy (non-hydrogen) atoms. The van der Waals surface area contributed by atoms with Gasteiger partial charge < -0.3 is 14.8 Å². The number of nitrogens with one attached hydrogen (secondary N) is 1. The zero-order valence-electron chi connectivity index (χ0n) is 14.1. The summed E-state index contributed by atoms with van der Waals surface area (Å²) < 4.78 is 12.6. The highest BCUT2D eigenvalue weighted by atomic mass is 16.6. The van der Waals surface area contributed by atoms with Gasteiger partial charge in [0.15, 0.2) is 0 Å². The van der Waals surface area contributed by atoms with Gasteiger partial charge in [-0.05, 0) is 20.8 Å². The Morgan fingerprint density at radius 2 is 2.39 bits per heavy atom. The zero-order chi connectivity index (χ0) is 16.9. The van der Waals surface area contributed by atoms with Gasteiger partial charge in [0.1, 0.15) is 5.60 Å². The van der Waals surface area contributed by atoms with E-state index in [1.165, 1.54) is 0 Å². The molecule has 2 rings (SSSR count). The van der Waals surface area contributed by atoms with Crippen molar-refractivity contribution in [2.75, 3.05) is 26.3 Å². The lowest BCUT2D eigenvalue weighted by molar-refractivity contribution is -0.0317. The third-order valence-electron chi connectivity index (χ3n) is 3.41. The number of hydrogen-bond donors (Lipinski definition) is 1. The second kappa shape index (κ2) is 7.61. The van der Waals surface area contributed by atoms with Crippen molar-refractivity contribution in [2.24, 2.45) is 0 Å². The molecule has 1 amide bonds. The number of hydrogen-bond acceptors (Lipinski definition) is 5. The second-order valence-electron chi connectivity index (χ2n) is 6.54. The lowest BCUT2D eigenvalue weighted by Crippen LogP contribution is -2.53. The van der Waals surface area contributed by atoms with E-state index in [0.717, 1.165) is 5.56 Å². The molecule has 0 bridgehead atoms. The molecule has 1 unspecified atom stereocenters. The molecule has 1 N–H and O–H groups in total. The van der Waals surface area contributed by atoms with Gasteiger partial charge in [-0.25, -0.2) is 9.48 Å². The lowest BCUT2D eigenvalue weighted by Gasteiger charge is -2.36. The van der Waals surface area contributed by atoms with E-state index in [-0.39, 0.29) is 12.1 Å². The molecule has 2 heterocycles. The van der Waals surface area contributed by atoms with Crippen LogP contribution in [0, 0.1) is 0 Å². The van der Waals surface area contributed by atoms with E-state index in [2.05, 4.69) is 17.0 Å². The molecule has 0 radical (unpaired) electrons. The Balaban J connectivity index is 1.85. The molecule has 1 atom stereocenters. The Kier molecular flexibility index (Phi) is 5.79. The van der Waals surface area contributed by atoms with Crippen LogP contribution in [-0.2, 0) is 16.0 Å². The second-order valence-corrected chi connectivity index (χ2v) is 6.54. The van der Waals surface area contributed by atoms with Crippen molar-refractivity contribution in [3.8, 4) is 0 Å². The number of aromatic nitrogens is 2. The number of carbonyl (C=O) groups excluding carboxylic acids is 1. The van der Waals surface area contributed by atoms with Crippen molar-refractivity contribution >= 4 is 12.3 Å². The molecule has 1 aliphatic heterocycles. The fourth-order valence-electron chi connectivity index (χ4n) is 2.34. The maximum Gasteiger partial charge on any atom is 0.410 e. The van der Waals surface area contributed by atoms with Crippen molar-refractivity contribution in [1.29, 1.82) is 0 Å². The van der Waals surface area contributed by atoms with Gasteiger partial charge in [0.25, 0.3) is 0 Å². The first-order valence-electron chi connectivity index (χ1n) is 7.83. The average Bonchev–Trinajstić information content (AvgIpc) is 2.94. The van der Waals surface area contributed by atoms with Gasteiger partial charge in [0, 0.05) is 37.6 Å². The fraction of sp³-hybridized carbons (Fsp3) is 0.625. The van der Waals surface area contributed by atoms with Crippen LogP contribution >= 0.6 is 0 Å². The maximum atomic E-state index is 12.3. The molecule has 7 nitrogen and oxygen atoms in total. The largest absolute Gasteiger partial charge is 0.444 e. The molecule has 7 heteroatoms. The Morgan fingerprint density at radius 3 is 3.04 bits per heavy atom. The predicted octanol–water partition coefficient (Wildman–Crippen LogP) is 1.71. The first kappa shape index (κ1) is 17.5. The number of amides is 1. The van der Waals surface area contributed by atoms with Crippen LogP contribution in [0.2, 0.25) is 0 Å². The van der Waals surface area contributed by atoms with Crippen LogP contribution in [0.3, 0.4) is 0 Å². The van der Waals surface area contributed by atoms with Crippen LogP contribution < -0.4 is 5.32 Å². The van der Waals surface area contributed by atoms with Crippen molar-refractivity contribution < 1.29 is 14.3 Å². The summed E-state index contributed by atoms with van der Waals surface area (Å²) in [5, 5.41) is 7.47. The Hall–Kier alpha value is -1.86. The van der Waals surface area contributed by atoms with E-state index in [0.29, 0.717) is 32.8 Å². The molecule has 0 aliphatic carbocycles. The molecule has 0 aromatic carbocycles. The van der Waals surface area contributed by atoms with Crippen LogP contribution in [0.5, 0.6) is 0 Å². The summed E-state index contributed by atoms with van der Waals surface area (Å²) in [7, 11) is 0. The third-order valence-corrected chi connectivity index (χ3v) is 3.41. The van der Waals surface area contributed by atoms with Crippen LogP contribution in [-0.4, -0.2) is 58.7 Å². The van der Waals surface area contributed by atoms with Gasteiger partial charge in [-0.2, -0.15) is 5.10 Å². The van der Waals surface area contributed by atoms with E-state index in [1.807, 2.05) is 27.0 Å². The summed E-state index contributed by atoms with van der Waals surface area (Å²) in [5.41, 5.74) is 0.567. The van der Waals surface area contributed by atoms with Gasteiger partial charge in [-0.3, -0.25) is 4.90 Å². The van der Waals surface area contributed by atoms with Gasteiger partial charge in [-0.15, -0.1) is 0 Å². The summed E-state index contributed by atoms with van der Waals surface area (Å²) in [6.45, 7) is 12.2. The van der Waals surface area contributed by atoms with Crippen LogP contribution in [0.25, 0.3) is 6.20 Å². The minimum atomic E-state index is -0.493. The number of carbonyl (C=O) groups is 1. The highest BCUT2D eigenvalue weighted by Gasteiger charge is 2.30. The molecule has 1 aromatic rings. The smallest absolute Gasteiger partial charge is 0.410 e. The summed E-state index contributed by atoms with van der Waals surface area (Å²) >= 11 is 0. The van der Waals surface area contributed by atoms with Gasteiger partial charge in [0.05, 0.1) is 25.5 Å². The van der Waals surface area contributed by atoms with Crippen molar-refractivity contribution in [3.63, 3.8) is 0 Å². The molecule has 1 aromatic heterocycles. The predicted molar refractivity (Wildman–Crippen MR) is 87.9 cm³/mol. The molecule has 1 fully saturated rings. The van der Waals surface area contributed by atoms with Gasteiger partial charge >= 0.3 is 6.09 Å². The average molecular weight is 322 g/mol. The molecule has 1 saturated heterocycles. The SMILES string of the molecule is C=Cn1cc(CNCC2COCCN2C(=O)OC(C)(C)C)cn1. The van der Waals surface area contributed by atoms with Gasteiger partial charge in [0.2, 0.25) is 0 Å². The Bertz CT molecular complexity index is 536. The number of rotatable bonds is 5. The minimum Gasteiger partial charge on any atom is -0.444 e. The van der Waals surface area contributed by atoms with Crippen molar-refractivity contribution in [3.05, 3.63) is 24.5 Å². The van der Waals surface area contributed by atoms with E-state index < -0.39 is 5.60 Å². The summed E-state index contributed by atoms with van der Waals surface area (Å²) in [4.78, 5) is 14.0. The Labute approximate surface area is 137 Å². The van der Waals surface area contributed by atoms with Crippen molar-refractivity contribution in [2.45, 2.75) is 39.0 Å². The summed E-state index contributed by atoms with van der Waals surface area (Å²) in [6.07, 6.45) is 5.05. The monoisotopic (exact) mass is 322 g/mol. The zero-order valence-corrected chi connectivity index (χ0v) is 14.1. The van der Waals surface area contributed by atoms with E-state index >= 15 is 0 Å². The van der Waals surface area contributed by atoms with E-state index in [9.17, 15) is 4.79 Å². The standard InChI is InChI=1S/C16H26N4O3/c1-5-19-11-13(9-18-19)8-17-10-14-12-22-7-6-20(14)15(21)23-16(2,3)4/h5,9,11,14,17H,1,6-8,10,12H2,2-4H3. The summed E-state index contributed by atoms with van der Waals surface area (Å²) in [6, 6.07) is -0.0342. The number of nitrogens with zero attached hydrogens (tertiary/aromatic N) is 3. The minimum absolute atomic E-state index is 0.0342. The van der Waals surface area contributed by atoms with E-state index in [1.54, 1.807) is 22.0 Å². The fourth-order valence-corrected chi connectivity index (χ4v) is 2.34. The van der Waals surface area contributed by atoms with Crippen LogP contribution in [0.15, 0.2) is 19.0 Å². The number of morpholine rings is 1. The molecule has 1 aliphatic rings. The quantitative estimate of drug-likeness (QED) is 0.894. The molecular weight excluding hydrogens is 296 g/mol. The Morgan fingerprint density at radius 1 is 1.61 bits per heavy atom. The first-order chi connectivity index (χ1) is 10.9. The third kappa shape index (κ3) is 5.37. The number of ether oxygens (including phenoxy) is 2. The topological polar surface area (TPSA) is 68.6 Å². The van der Waals surface area contributed by atoms with Crippen LogP contribution in [0.4, 0.5) is 4.79 Å². The molecular formula is C16H26N4O3. The maximum absolute atomic E-state index is 12.3. The van der Waals surface area contributed by atoms with Gasteiger partial charge in [-0.1, -0.05) is 6.58 Å². The first-order valence-corrected chi connectivity index (χ1v) is 7.83. The lowest BCUT2D eigenvalue weighted by atomic mass is 10.2. The highest BCUT2D eigenvalue weighted by Crippen LogP contribution is 2.14. The summed E-state index contributed by atoms with van der Waals surface area (Å²) in [5.74, 6) is 0. The molecule has 0 spiro atoms. The van der Waals surface area contributed by atoms with Crippen molar-refractivity contribution in [1.82, 2.24) is 20.0 Å².